The summed E-state index contributed by atoms with van der Waals surface area (Å²) in [6, 6.07) is 4.15. The largest absolute Gasteiger partial charge is 0.306 e. The highest BCUT2D eigenvalue weighted by molar-refractivity contribution is 5.28. The Labute approximate surface area is 117 Å². The molecule has 106 valence electrons. The maximum atomic E-state index is 13.9. The molecule has 2 aromatic rings. The molecule has 1 aromatic carbocycles. The van der Waals surface area contributed by atoms with Gasteiger partial charge in [-0.3, -0.25) is 4.98 Å². The number of rotatable bonds is 4. The van der Waals surface area contributed by atoms with Crippen LogP contribution in [0.5, 0.6) is 0 Å². The monoisotopic (exact) mass is 276 g/mol. The van der Waals surface area contributed by atoms with Gasteiger partial charge in [-0.05, 0) is 55.7 Å². The fourth-order valence-electron chi connectivity index (χ4n) is 2.07. The number of nitrogens with one attached hydrogen (secondary N) is 1. The molecule has 0 aliphatic rings. The second kappa shape index (κ2) is 6.09. The van der Waals surface area contributed by atoms with Gasteiger partial charge in [-0.15, -0.1) is 0 Å². The molecule has 1 atom stereocenters. The predicted octanol–water partition coefficient (Wildman–Crippen LogP) is 3.83. The third kappa shape index (κ3) is 3.20. The fraction of sp³-hybridized carbons (Fsp3) is 0.312. The van der Waals surface area contributed by atoms with Crippen molar-refractivity contribution in [2.24, 2.45) is 0 Å². The van der Waals surface area contributed by atoms with Crippen LogP contribution in [0, 0.1) is 25.5 Å². The maximum absolute atomic E-state index is 13.9. The molecule has 0 amide bonds. The van der Waals surface area contributed by atoms with Crippen molar-refractivity contribution in [3.8, 4) is 0 Å². The van der Waals surface area contributed by atoms with Gasteiger partial charge in [-0.25, -0.2) is 8.78 Å². The van der Waals surface area contributed by atoms with Crippen LogP contribution in [-0.4, -0.2) is 4.98 Å². The first-order valence-corrected chi connectivity index (χ1v) is 6.57. The Kier molecular flexibility index (Phi) is 4.45. The van der Waals surface area contributed by atoms with Gasteiger partial charge in [0.05, 0.1) is 0 Å². The number of benzene rings is 1. The number of hydrogen-bond donors (Lipinski definition) is 1. The van der Waals surface area contributed by atoms with Crippen molar-refractivity contribution in [1.29, 1.82) is 0 Å². The average Bonchev–Trinajstić information content (AvgIpc) is 2.41. The van der Waals surface area contributed by atoms with E-state index in [-0.39, 0.29) is 17.7 Å². The number of aryl methyl sites for hydroxylation is 2. The number of halogens is 2. The minimum Gasteiger partial charge on any atom is -0.306 e. The number of pyridine rings is 1. The Morgan fingerprint density at radius 1 is 1.15 bits per heavy atom. The van der Waals surface area contributed by atoms with E-state index in [1.165, 1.54) is 12.1 Å². The van der Waals surface area contributed by atoms with E-state index in [4.69, 9.17) is 0 Å². The van der Waals surface area contributed by atoms with Crippen LogP contribution < -0.4 is 5.32 Å². The molecule has 1 heterocycles. The number of hydrogen-bond acceptors (Lipinski definition) is 2. The first-order valence-electron chi connectivity index (χ1n) is 6.57. The van der Waals surface area contributed by atoms with Crippen LogP contribution in [0.3, 0.4) is 0 Å². The minimum atomic E-state index is -0.379. The van der Waals surface area contributed by atoms with Gasteiger partial charge in [0.2, 0.25) is 0 Å². The van der Waals surface area contributed by atoms with Gasteiger partial charge in [0, 0.05) is 30.5 Å². The molecule has 1 aromatic heterocycles. The lowest BCUT2D eigenvalue weighted by molar-refractivity contribution is 0.516. The van der Waals surface area contributed by atoms with E-state index in [0.29, 0.717) is 17.7 Å². The fourth-order valence-corrected chi connectivity index (χ4v) is 2.07. The molecule has 0 bridgehead atoms. The first-order chi connectivity index (χ1) is 9.49. The summed E-state index contributed by atoms with van der Waals surface area (Å²) in [6.45, 7) is 5.94. The van der Waals surface area contributed by atoms with Gasteiger partial charge < -0.3 is 5.32 Å². The van der Waals surface area contributed by atoms with E-state index in [9.17, 15) is 8.78 Å². The Hall–Kier alpha value is -1.81. The molecule has 2 rings (SSSR count). The van der Waals surface area contributed by atoms with Gasteiger partial charge in [0.15, 0.2) is 0 Å². The van der Waals surface area contributed by atoms with Crippen LogP contribution in [0.1, 0.15) is 35.2 Å². The van der Waals surface area contributed by atoms with E-state index in [1.54, 1.807) is 19.3 Å². The van der Waals surface area contributed by atoms with E-state index >= 15 is 0 Å². The van der Waals surface area contributed by atoms with Crippen LogP contribution in [0.2, 0.25) is 0 Å². The molecule has 20 heavy (non-hydrogen) atoms. The Bertz CT molecular complexity index is 611. The summed E-state index contributed by atoms with van der Waals surface area (Å²) >= 11 is 0. The highest BCUT2D eigenvalue weighted by Crippen LogP contribution is 2.21. The average molecular weight is 276 g/mol. The van der Waals surface area contributed by atoms with Crippen molar-refractivity contribution < 1.29 is 8.78 Å². The van der Waals surface area contributed by atoms with Crippen LogP contribution >= 0.6 is 0 Å². The third-order valence-electron chi connectivity index (χ3n) is 3.48. The number of nitrogens with zero attached hydrogens (tertiary/aromatic N) is 1. The van der Waals surface area contributed by atoms with E-state index in [2.05, 4.69) is 10.3 Å². The predicted molar refractivity (Wildman–Crippen MR) is 75.3 cm³/mol. The van der Waals surface area contributed by atoms with Gasteiger partial charge in [-0.1, -0.05) is 0 Å². The summed E-state index contributed by atoms with van der Waals surface area (Å²) in [5.41, 5.74) is 2.84. The highest BCUT2D eigenvalue weighted by atomic mass is 19.1. The lowest BCUT2D eigenvalue weighted by Crippen LogP contribution is -2.20. The SMILES string of the molecule is Cc1cc(F)c(C(C)NCc2ccncc2C)cc1F. The van der Waals surface area contributed by atoms with E-state index < -0.39 is 0 Å². The van der Waals surface area contributed by atoms with Gasteiger partial charge in [0.25, 0.3) is 0 Å². The molecule has 0 saturated carbocycles. The van der Waals surface area contributed by atoms with Crippen molar-refractivity contribution in [3.63, 3.8) is 0 Å². The Morgan fingerprint density at radius 3 is 2.60 bits per heavy atom. The van der Waals surface area contributed by atoms with Crippen LogP contribution in [0.4, 0.5) is 8.78 Å². The molecule has 0 aliphatic carbocycles. The second-order valence-electron chi connectivity index (χ2n) is 5.03. The zero-order valence-corrected chi connectivity index (χ0v) is 11.9. The molecular weight excluding hydrogens is 258 g/mol. The molecule has 0 aliphatic heterocycles. The lowest BCUT2D eigenvalue weighted by atomic mass is 10.0. The zero-order chi connectivity index (χ0) is 14.7. The third-order valence-corrected chi connectivity index (χ3v) is 3.48. The van der Waals surface area contributed by atoms with Crippen molar-refractivity contribution >= 4 is 0 Å². The van der Waals surface area contributed by atoms with Crippen molar-refractivity contribution in [1.82, 2.24) is 10.3 Å². The summed E-state index contributed by atoms with van der Waals surface area (Å²) in [5.74, 6) is -0.759. The summed E-state index contributed by atoms with van der Waals surface area (Å²) < 4.78 is 27.4. The van der Waals surface area contributed by atoms with Gasteiger partial charge in [0.1, 0.15) is 11.6 Å². The molecule has 1 N–H and O–H groups in total. The first kappa shape index (κ1) is 14.6. The lowest BCUT2D eigenvalue weighted by Gasteiger charge is -2.16. The Balaban J connectivity index is 2.11. The minimum absolute atomic E-state index is 0.266. The van der Waals surface area contributed by atoms with Gasteiger partial charge >= 0.3 is 0 Å². The smallest absolute Gasteiger partial charge is 0.128 e. The van der Waals surface area contributed by atoms with Crippen LogP contribution in [-0.2, 0) is 6.54 Å². The zero-order valence-electron chi connectivity index (χ0n) is 11.9. The summed E-state index contributed by atoms with van der Waals surface area (Å²) in [6.07, 6.45) is 3.51. The maximum Gasteiger partial charge on any atom is 0.128 e. The van der Waals surface area contributed by atoms with E-state index in [1.807, 2.05) is 19.9 Å². The van der Waals surface area contributed by atoms with Crippen molar-refractivity contribution in [2.45, 2.75) is 33.4 Å². The molecular formula is C16H18F2N2. The second-order valence-corrected chi connectivity index (χ2v) is 5.03. The molecule has 0 fully saturated rings. The van der Waals surface area contributed by atoms with Gasteiger partial charge in [-0.2, -0.15) is 0 Å². The topological polar surface area (TPSA) is 24.9 Å². The molecule has 2 nitrogen and oxygen atoms in total. The summed E-state index contributed by atoms with van der Waals surface area (Å²) in [7, 11) is 0. The van der Waals surface area contributed by atoms with Crippen LogP contribution in [0.15, 0.2) is 30.6 Å². The highest BCUT2D eigenvalue weighted by Gasteiger charge is 2.13. The summed E-state index contributed by atoms with van der Waals surface area (Å²) in [5, 5.41) is 3.21. The van der Waals surface area contributed by atoms with E-state index in [0.717, 1.165) is 11.1 Å². The quantitative estimate of drug-likeness (QED) is 0.918. The Morgan fingerprint density at radius 2 is 1.90 bits per heavy atom. The van der Waals surface area contributed by atoms with Crippen molar-refractivity contribution in [3.05, 3.63) is 64.5 Å². The standard InChI is InChI=1S/C16H18F2N2/c1-10-6-16(18)14(7-15(10)17)12(3)20-9-13-4-5-19-8-11(13)2/h4-8,12,20H,9H2,1-3H3. The van der Waals surface area contributed by atoms with Crippen LogP contribution in [0.25, 0.3) is 0 Å². The molecule has 1 unspecified atom stereocenters. The number of aromatic nitrogens is 1. The van der Waals surface area contributed by atoms with Crippen molar-refractivity contribution in [2.75, 3.05) is 0 Å². The molecule has 0 saturated heterocycles. The molecule has 4 heteroatoms. The normalized spacial score (nSPS) is 12.4. The summed E-state index contributed by atoms with van der Waals surface area (Å²) in [4.78, 5) is 4.03. The molecule has 0 spiro atoms. The molecule has 0 radical (unpaired) electrons.